The van der Waals surface area contributed by atoms with Gasteiger partial charge in [-0.1, -0.05) is 20.4 Å². The molecule has 0 aliphatic rings. The Hall–Kier alpha value is -1.72. The van der Waals surface area contributed by atoms with Crippen LogP contribution < -0.4 is 5.32 Å². The molecular weight excluding hydrogens is 238 g/mol. The monoisotopic (exact) mass is 259 g/mol. The maximum Gasteiger partial charge on any atom is 0.407 e. The molecule has 0 bridgehead atoms. The van der Waals surface area contributed by atoms with Gasteiger partial charge >= 0.3 is 12.1 Å². The zero-order chi connectivity index (χ0) is 13.8. The number of rotatable bonds is 9. The molecule has 1 unspecified atom stereocenters. The van der Waals surface area contributed by atoms with Gasteiger partial charge in [-0.05, 0) is 6.42 Å². The SMILES string of the molecule is C=COCCOC(=O)NCCOC(=O)C(C)CC. The van der Waals surface area contributed by atoms with Crippen LogP contribution in [0.2, 0.25) is 0 Å². The number of hydrogen-bond donors (Lipinski definition) is 1. The molecular formula is C12H21NO5. The molecule has 0 aromatic heterocycles. The highest BCUT2D eigenvalue weighted by atomic mass is 16.6. The zero-order valence-corrected chi connectivity index (χ0v) is 10.9. The fraction of sp³-hybridized carbons (Fsp3) is 0.667. The van der Waals surface area contributed by atoms with Gasteiger partial charge in [0.15, 0.2) is 0 Å². The molecule has 0 aliphatic heterocycles. The van der Waals surface area contributed by atoms with E-state index >= 15 is 0 Å². The lowest BCUT2D eigenvalue weighted by Gasteiger charge is -2.10. The van der Waals surface area contributed by atoms with Crippen LogP contribution in [0.25, 0.3) is 0 Å². The molecule has 1 atom stereocenters. The van der Waals surface area contributed by atoms with Crippen LogP contribution >= 0.6 is 0 Å². The Kier molecular flexibility index (Phi) is 9.44. The van der Waals surface area contributed by atoms with Gasteiger partial charge in [0.05, 0.1) is 18.7 Å². The molecule has 1 N–H and O–H groups in total. The quantitative estimate of drug-likeness (QED) is 0.385. The molecule has 0 saturated carbocycles. The van der Waals surface area contributed by atoms with E-state index in [-0.39, 0.29) is 38.3 Å². The van der Waals surface area contributed by atoms with E-state index in [0.717, 1.165) is 6.42 Å². The number of alkyl carbamates (subject to hydrolysis) is 1. The van der Waals surface area contributed by atoms with Gasteiger partial charge in [0.2, 0.25) is 0 Å². The summed E-state index contributed by atoms with van der Waals surface area (Å²) >= 11 is 0. The highest BCUT2D eigenvalue weighted by Crippen LogP contribution is 2.02. The lowest BCUT2D eigenvalue weighted by Crippen LogP contribution is -2.30. The molecule has 0 radical (unpaired) electrons. The van der Waals surface area contributed by atoms with E-state index in [1.807, 2.05) is 6.92 Å². The molecule has 0 heterocycles. The summed E-state index contributed by atoms with van der Waals surface area (Å²) in [7, 11) is 0. The molecule has 0 spiro atoms. The Labute approximate surface area is 107 Å². The average Bonchev–Trinajstić information content (AvgIpc) is 2.38. The van der Waals surface area contributed by atoms with Crippen LogP contribution in [-0.4, -0.2) is 38.4 Å². The minimum absolute atomic E-state index is 0.118. The molecule has 6 nitrogen and oxygen atoms in total. The molecule has 1 amide bonds. The van der Waals surface area contributed by atoms with Crippen molar-refractivity contribution in [3.63, 3.8) is 0 Å². The minimum atomic E-state index is -0.567. The van der Waals surface area contributed by atoms with E-state index in [1.54, 1.807) is 6.92 Å². The van der Waals surface area contributed by atoms with E-state index in [4.69, 9.17) is 14.2 Å². The second-order valence-electron chi connectivity index (χ2n) is 3.58. The van der Waals surface area contributed by atoms with Crippen molar-refractivity contribution >= 4 is 12.1 Å². The van der Waals surface area contributed by atoms with Gasteiger partial charge in [-0.2, -0.15) is 0 Å². The standard InChI is InChI=1S/C12H21NO5/c1-4-10(3)11(14)17-7-6-13-12(15)18-9-8-16-5-2/h5,10H,2,4,6-9H2,1,3H3,(H,13,15). The number of carbonyl (C=O) groups is 2. The second-order valence-corrected chi connectivity index (χ2v) is 3.58. The Bertz CT molecular complexity index is 267. The number of nitrogens with one attached hydrogen (secondary N) is 1. The van der Waals surface area contributed by atoms with Gasteiger partial charge in [0.25, 0.3) is 0 Å². The summed E-state index contributed by atoms with van der Waals surface area (Å²) in [6.07, 6.45) is 1.44. The largest absolute Gasteiger partial charge is 0.498 e. The fourth-order valence-corrected chi connectivity index (χ4v) is 0.930. The third-order valence-corrected chi connectivity index (χ3v) is 2.18. The van der Waals surface area contributed by atoms with Gasteiger partial charge in [0, 0.05) is 0 Å². The first kappa shape index (κ1) is 16.3. The Morgan fingerprint density at radius 3 is 2.61 bits per heavy atom. The number of ether oxygens (including phenoxy) is 3. The third kappa shape index (κ3) is 8.43. The Morgan fingerprint density at radius 1 is 1.28 bits per heavy atom. The van der Waals surface area contributed by atoms with Gasteiger partial charge in [-0.25, -0.2) is 4.79 Å². The van der Waals surface area contributed by atoms with Gasteiger partial charge < -0.3 is 19.5 Å². The van der Waals surface area contributed by atoms with E-state index in [2.05, 4.69) is 11.9 Å². The lowest BCUT2D eigenvalue weighted by molar-refractivity contribution is -0.147. The molecule has 0 rings (SSSR count). The second kappa shape index (κ2) is 10.4. The van der Waals surface area contributed by atoms with Crippen LogP contribution in [0.1, 0.15) is 20.3 Å². The molecule has 0 aromatic carbocycles. The number of hydrogen-bond acceptors (Lipinski definition) is 5. The van der Waals surface area contributed by atoms with Crippen LogP contribution in [0.3, 0.4) is 0 Å². The van der Waals surface area contributed by atoms with E-state index in [9.17, 15) is 9.59 Å². The molecule has 104 valence electrons. The molecule has 0 aromatic rings. The molecule has 0 aliphatic carbocycles. The third-order valence-electron chi connectivity index (χ3n) is 2.18. The van der Waals surface area contributed by atoms with Crippen molar-refractivity contribution in [1.29, 1.82) is 0 Å². The smallest absolute Gasteiger partial charge is 0.407 e. The minimum Gasteiger partial charge on any atom is -0.498 e. The lowest BCUT2D eigenvalue weighted by atomic mass is 10.1. The van der Waals surface area contributed by atoms with Crippen molar-refractivity contribution in [3.8, 4) is 0 Å². The maximum absolute atomic E-state index is 11.3. The number of amides is 1. The average molecular weight is 259 g/mol. The maximum atomic E-state index is 11.3. The Morgan fingerprint density at radius 2 is 2.00 bits per heavy atom. The highest BCUT2D eigenvalue weighted by Gasteiger charge is 2.11. The summed E-state index contributed by atoms with van der Waals surface area (Å²) in [6, 6.07) is 0. The molecule has 18 heavy (non-hydrogen) atoms. The van der Waals surface area contributed by atoms with Crippen LogP contribution in [-0.2, 0) is 19.0 Å². The predicted molar refractivity (Wildman–Crippen MR) is 65.9 cm³/mol. The number of esters is 1. The first-order valence-electron chi connectivity index (χ1n) is 5.91. The fourth-order valence-electron chi connectivity index (χ4n) is 0.930. The van der Waals surface area contributed by atoms with Gasteiger partial charge in [-0.3, -0.25) is 4.79 Å². The van der Waals surface area contributed by atoms with Crippen LogP contribution in [0, 0.1) is 5.92 Å². The first-order valence-corrected chi connectivity index (χ1v) is 5.91. The summed E-state index contributed by atoms with van der Waals surface area (Å²) < 4.78 is 14.5. The summed E-state index contributed by atoms with van der Waals surface area (Å²) in [5.41, 5.74) is 0. The molecule has 0 fully saturated rings. The molecule has 0 saturated heterocycles. The van der Waals surface area contributed by atoms with Crippen LogP contribution in [0.4, 0.5) is 4.79 Å². The normalized spacial score (nSPS) is 11.2. The van der Waals surface area contributed by atoms with Crippen molar-refractivity contribution in [1.82, 2.24) is 5.32 Å². The topological polar surface area (TPSA) is 73.9 Å². The predicted octanol–water partition coefficient (Wildman–Crippen LogP) is 1.46. The van der Waals surface area contributed by atoms with E-state index < -0.39 is 6.09 Å². The number of carbonyl (C=O) groups excluding carboxylic acids is 2. The van der Waals surface area contributed by atoms with E-state index in [1.165, 1.54) is 6.26 Å². The summed E-state index contributed by atoms with van der Waals surface area (Å²) in [4.78, 5) is 22.4. The Balaban J connectivity index is 3.45. The van der Waals surface area contributed by atoms with Gasteiger partial charge in [-0.15, -0.1) is 0 Å². The first-order chi connectivity index (χ1) is 8.61. The molecule has 6 heteroatoms. The van der Waals surface area contributed by atoms with Crippen molar-refractivity contribution in [2.24, 2.45) is 5.92 Å². The van der Waals surface area contributed by atoms with Crippen molar-refractivity contribution in [2.75, 3.05) is 26.4 Å². The summed E-state index contributed by atoms with van der Waals surface area (Å²) in [6.45, 7) is 7.83. The van der Waals surface area contributed by atoms with Crippen LogP contribution in [0.5, 0.6) is 0 Å². The summed E-state index contributed by atoms with van der Waals surface area (Å²) in [5, 5.41) is 2.45. The zero-order valence-electron chi connectivity index (χ0n) is 10.9. The van der Waals surface area contributed by atoms with Crippen molar-refractivity contribution in [2.45, 2.75) is 20.3 Å². The highest BCUT2D eigenvalue weighted by molar-refractivity contribution is 5.72. The van der Waals surface area contributed by atoms with Crippen molar-refractivity contribution in [3.05, 3.63) is 12.8 Å². The van der Waals surface area contributed by atoms with Crippen LogP contribution in [0.15, 0.2) is 12.8 Å². The summed E-state index contributed by atoms with van der Waals surface area (Å²) in [5.74, 6) is -0.375. The van der Waals surface area contributed by atoms with Gasteiger partial charge in [0.1, 0.15) is 19.8 Å². The van der Waals surface area contributed by atoms with E-state index in [0.29, 0.717) is 0 Å². The van der Waals surface area contributed by atoms with Crippen molar-refractivity contribution < 1.29 is 23.8 Å².